The smallest absolute Gasteiger partial charge is 0.309 e. The number of aromatic nitrogens is 2. The molecular weight excluding hydrogens is 218 g/mol. The Morgan fingerprint density at radius 2 is 2.47 bits per heavy atom. The van der Waals surface area contributed by atoms with E-state index < -0.39 is 0 Å². The zero-order valence-corrected chi connectivity index (χ0v) is 8.86. The summed E-state index contributed by atoms with van der Waals surface area (Å²) in [6.45, 7) is 0. The predicted molar refractivity (Wildman–Crippen MR) is 57.1 cm³/mol. The molecular formula is C9H10ClN3O2. The van der Waals surface area contributed by atoms with Crippen molar-refractivity contribution >= 4 is 29.5 Å². The highest BCUT2D eigenvalue weighted by molar-refractivity contribution is 6.28. The van der Waals surface area contributed by atoms with Crippen molar-refractivity contribution in [2.24, 2.45) is 0 Å². The number of anilines is 1. The highest BCUT2D eigenvalue weighted by atomic mass is 35.5. The molecule has 5 nitrogen and oxygen atoms in total. The number of nitrogen functional groups attached to an aromatic ring is 1. The molecule has 0 aliphatic heterocycles. The minimum absolute atomic E-state index is 0.0950. The zero-order chi connectivity index (χ0) is 11.3. The number of esters is 1. The first kappa shape index (κ1) is 11.5. The fourth-order valence-electron chi connectivity index (χ4n) is 0.876. The SMILES string of the molecule is COC(=O)CC=Cc1cnc(Cl)nc1N. The Kier molecular flexibility index (Phi) is 4.05. The number of carbonyl (C=O) groups excluding carboxylic acids is 1. The molecule has 0 saturated heterocycles. The fourth-order valence-corrected chi connectivity index (χ4v) is 1.02. The van der Waals surface area contributed by atoms with Crippen molar-refractivity contribution < 1.29 is 9.53 Å². The van der Waals surface area contributed by atoms with E-state index in [0.717, 1.165) is 0 Å². The molecule has 0 bridgehead atoms. The molecule has 0 amide bonds. The van der Waals surface area contributed by atoms with Gasteiger partial charge in [-0.15, -0.1) is 0 Å². The summed E-state index contributed by atoms with van der Waals surface area (Å²) in [4.78, 5) is 18.3. The second-order valence-corrected chi connectivity index (χ2v) is 3.00. The van der Waals surface area contributed by atoms with E-state index in [4.69, 9.17) is 17.3 Å². The van der Waals surface area contributed by atoms with Crippen molar-refractivity contribution in [3.8, 4) is 0 Å². The lowest BCUT2D eigenvalue weighted by Crippen LogP contribution is -1.98. The van der Waals surface area contributed by atoms with E-state index in [1.165, 1.54) is 13.3 Å². The molecule has 0 spiro atoms. The maximum Gasteiger partial charge on any atom is 0.309 e. The minimum Gasteiger partial charge on any atom is -0.469 e. The Balaban J connectivity index is 2.68. The molecule has 1 aromatic rings. The standard InChI is InChI=1S/C9H10ClN3O2/c1-15-7(14)4-2-3-6-5-12-9(10)13-8(6)11/h2-3,5H,4H2,1H3,(H2,11,12,13). The molecule has 0 unspecified atom stereocenters. The number of hydrogen-bond acceptors (Lipinski definition) is 5. The summed E-state index contributed by atoms with van der Waals surface area (Å²) in [7, 11) is 1.33. The monoisotopic (exact) mass is 227 g/mol. The van der Waals surface area contributed by atoms with Crippen molar-refractivity contribution in [1.82, 2.24) is 9.97 Å². The van der Waals surface area contributed by atoms with E-state index in [1.54, 1.807) is 12.2 Å². The van der Waals surface area contributed by atoms with Crippen molar-refractivity contribution in [2.45, 2.75) is 6.42 Å². The number of halogens is 1. The number of carbonyl (C=O) groups is 1. The number of nitrogens with two attached hydrogens (primary N) is 1. The molecule has 80 valence electrons. The fraction of sp³-hybridized carbons (Fsp3) is 0.222. The van der Waals surface area contributed by atoms with Gasteiger partial charge in [-0.25, -0.2) is 9.97 Å². The van der Waals surface area contributed by atoms with Crippen LogP contribution in [0.25, 0.3) is 6.08 Å². The summed E-state index contributed by atoms with van der Waals surface area (Å²) in [5.41, 5.74) is 6.18. The highest BCUT2D eigenvalue weighted by Crippen LogP contribution is 2.12. The van der Waals surface area contributed by atoms with E-state index in [2.05, 4.69) is 14.7 Å². The number of rotatable bonds is 3. The van der Waals surface area contributed by atoms with Crippen LogP contribution in [0.1, 0.15) is 12.0 Å². The molecule has 0 fully saturated rings. The normalized spacial score (nSPS) is 10.5. The molecule has 0 aliphatic carbocycles. The van der Waals surface area contributed by atoms with Gasteiger partial charge in [-0.05, 0) is 11.6 Å². The zero-order valence-electron chi connectivity index (χ0n) is 8.11. The van der Waals surface area contributed by atoms with E-state index in [-0.39, 0.29) is 23.5 Å². The number of methoxy groups -OCH3 is 1. The van der Waals surface area contributed by atoms with Crippen LogP contribution in [-0.4, -0.2) is 23.0 Å². The molecule has 0 radical (unpaired) electrons. The molecule has 6 heteroatoms. The van der Waals surface area contributed by atoms with Gasteiger partial charge in [0.05, 0.1) is 13.5 Å². The van der Waals surface area contributed by atoms with Crippen molar-refractivity contribution in [3.05, 3.63) is 23.1 Å². The van der Waals surface area contributed by atoms with E-state index in [9.17, 15) is 4.79 Å². The van der Waals surface area contributed by atoms with Crippen LogP contribution in [0.4, 0.5) is 5.82 Å². The van der Waals surface area contributed by atoms with Crippen LogP contribution in [-0.2, 0) is 9.53 Å². The Morgan fingerprint density at radius 1 is 1.73 bits per heavy atom. The molecule has 0 aromatic carbocycles. The maximum absolute atomic E-state index is 10.8. The van der Waals surface area contributed by atoms with Crippen LogP contribution in [0.2, 0.25) is 5.28 Å². The molecule has 15 heavy (non-hydrogen) atoms. The Hall–Kier alpha value is -1.62. The topological polar surface area (TPSA) is 78.1 Å². The van der Waals surface area contributed by atoms with Crippen LogP contribution < -0.4 is 5.73 Å². The quantitative estimate of drug-likeness (QED) is 0.622. The summed E-state index contributed by atoms with van der Waals surface area (Å²) >= 11 is 5.52. The second kappa shape index (κ2) is 5.31. The van der Waals surface area contributed by atoms with Crippen molar-refractivity contribution in [2.75, 3.05) is 12.8 Å². The first-order valence-electron chi connectivity index (χ1n) is 4.15. The van der Waals surface area contributed by atoms with E-state index >= 15 is 0 Å². The molecule has 0 aliphatic rings. The van der Waals surface area contributed by atoms with E-state index in [1.807, 2.05) is 0 Å². The number of nitrogens with zero attached hydrogens (tertiary/aromatic N) is 2. The van der Waals surface area contributed by atoms with Crippen LogP contribution in [0.3, 0.4) is 0 Å². The van der Waals surface area contributed by atoms with Gasteiger partial charge >= 0.3 is 5.97 Å². The molecule has 2 N–H and O–H groups in total. The van der Waals surface area contributed by atoms with Gasteiger partial charge in [0.15, 0.2) is 0 Å². The second-order valence-electron chi connectivity index (χ2n) is 2.66. The Morgan fingerprint density at radius 3 is 3.07 bits per heavy atom. The molecule has 0 saturated carbocycles. The summed E-state index contributed by atoms with van der Waals surface area (Å²) in [6.07, 6.45) is 4.92. The van der Waals surface area contributed by atoms with E-state index in [0.29, 0.717) is 5.56 Å². The third-order valence-electron chi connectivity index (χ3n) is 1.63. The molecule has 1 rings (SSSR count). The molecule has 1 aromatic heterocycles. The van der Waals surface area contributed by atoms with Gasteiger partial charge < -0.3 is 10.5 Å². The van der Waals surface area contributed by atoms with Gasteiger partial charge in [0.25, 0.3) is 0 Å². The van der Waals surface area contributed by atoms with Gasteiger partial charge in [-0.1, -0.05) is 12.2 Å². The van der Waals surface area contributed by atoms with Crippen LogP contribution in [0.15, 0.2) is 12.3 Å². The summed E-state index contributed by atoms with van der Waals surface area (Å²) < 4.78 is 4.46. The molecule has 0 atom stereocenters. The number of hydrogen-bond donors (Lipinski definition) is 1. The van der Waals surface area contributed by atoms with Crippen LogP contribution in [0, 0.1) is 0 Å². The lowest BCUT2D eigenvalue weighted by atomic mass is 10.2. The summed E-state index contributed by atoms with van der Waals surface area (Å²) in [5.74, 6) is -0.0455. The lowest BCUT2D eigenvalue weighted by Gasteiger charge is -1.98. The average Bonchev–Trinajstić information content (AvgIpc) is 2.21. The van der Waals surface area contributed by atoms with Crippen molar-refractivity contribution in [3.63, 3.8) is 0 Å². The third-order valence-corrected chi connectivity index (χ3v) is 1.81. The Bertz CT molecular complexity index is 393. The summed E-state index contributed by atoms with van der Waals surface area (Å²) in [6, 6.07) is 0. The number of ether oxygens (including phenoxy) is 1. The van der Waals surface area contributed by atoms with Crippen molar-refractivity contribution in [1.29, 1.82) is 0 Å². The first-order valence-corrected chi connectivity index (χ1v) is 4.52. The first-order chi connectivity index (χ1) is 7.13. The van der Waals surface area contributed by atoms with Gasteiger partial charge in [0.2, 0.25) is 5.28 Å². The van der Waals surface area contributed by atoms with Gasteiger partial charge in [-0.2, -0.15) is 0 Å². The average molecular weight is 228 g/mol. The highest BCUT2D eigenvalue weighted by Gasteiger charge is 1.99. The Labute approximate surface area is 91.9 Å². The molecule has 1 heterocycles. The van der Waals surface area contributed by atoms with Gasteiger partial charge in [0, 0.05) is 11.8 Å². The summed E-state index contributed by atoms with van der Waals surface area (Å²) in [5, 5.41) is 0.0950. The third kappa shape index (κ3) is 3.55. The predicted octanol–water partition coefficient (Wildman–Crippen LogP) is 1.29. The van der Waals surface area contributed by atoms with Gasteiger partial charge in [0.1, 0.15) is 5.82 Å². The van der Waals surface area contributed by atoms with Crippen LogP contribution in [0.5, 0.6) is 0 Å². The lowest BCUT2D eigenvalue weighted by molar-refractivity contribution is -0.139. The van der Waals surface area contributed by atoms with Crippen LogP contribution >= 0.6 is 11.6 Å². The van der Waals surface area contributed by atoms with Gasteiger partial charge in [-0.3, -0.25) is 4.79 Å². The maximum atomic E-state index is 10.8. The minimum atomic E-state index is -0.320. The largest absolute Gasteiger partial charge is 0.469 e.